The summed E-state index contributed by atoms with van der Waals surface area (Å²) in [6.07, 6.45) is -0.956. The molecule has 1 atom stereocenters. The summed E-state index contributed by atoms with van der Waals surface area (Å²) in [5.74, 6) is -0.432. The number of benzene rings is 1. The summed E-state index contributed by atoms with van der Waals surface area (Å²) in [5, 5.41) is 22.9. The number of aliphatic hydroxyl groups excluding tert-OH is 2. The molecule has 4 N–H and O–H groups in total. The largest absolute Gasteiger partial charge is 0.394 e. The Morgan fingerprint density at radius 2 is 1.84 bits per heavy atom. The molecule has 0 saturated heterocycles. The van der Waals surface area contributed by atoms with E-state index >= 15 is 0 Å². The van der Waals surface area contributed by atoms with Crippen LogP contribution in [0.25, 0.3) is 0 Å². The van der Waals surface area contributed by atoms with Crippen LogP contribution in [0.15, 0.2) is 24.3 Å². The third-order valence-corrected chi connectivity index (χ3v) is 2.47. The number of nitrogens with one attached hydrogen (secondary N) is 2. The molecule has 0 spiro atoms. The van der Waals surface area contributed by atoms with Crippen molar-refractivity contribution >= 4 is 11.8 Å². The van der Waals surface area contributed by atoms with E-state index in [0.717, 1.165) is 5.56 Å². The van der Waals surface area contributed by atoms with E-state index in [0.29, 0.717) is 12.1 Å². The predicted octanol–water partition coefficient (Wildman–Crippen LogP) is -0.594. The van der Waals surface area contributed by atoms with E-state index in [-0.39, 0.29) is 18.4 Å². The minimum absolute atomic E-state index is 0.00295. The van der Waals surface area contributed by atoms with Gasteiger partial charge in [0, 0.05) is 25.6 Å². The summed E-state index contributed by atoms with van der Waals surface area (Å²) in [6, 6.07) is 6.76. The second-order valence-corrected chi connectivity index (χ2v) is 4.15. The molecule has 6 heteroatoms. The number of hydrogen-bond donors (Lipinski definition) is 4. The van der Waals surface area contributed by atoms with Crippen LogP contribution in [-0.4, -0.2) is 41.3 Å². The first-order valence-corrected chi connectivity index (χ1v) is 5.93. The number of hydrogen-bond acceptors (Lipinski definition) is 4. The Morgan fingerprint density at radius 1 is 1.21 bits per heavy atom. The molecule has 0 heterocycles. The number of aliphatic hydroxyl groups is 2. The number of carbonyl (C=O) groups is 2. The van der Waals surface area contributed by atoms with Gasteiger partial charge in [-0.3, -0.25) is 9.59 Å². The quantitative estimate of drug-likeness (QED) is 0.553. The van der Waals surface area contributed by atoms with Gasteiger partial charge in [0.1, 0.15) is 0 Å². The summed E-state index contributed by atoms with van der Waals surface area (Å²) in [4.78, 5) is 22.4. The number of rotatable bonds is 6. The molecular weight excluding hydrogens is 248 g/mol. The summed E-state index contributed by atoms with van der Waals surface area (Å²) in [5.41, 5.74) is 1.35. The van der Waals surface area contributed by atoms with Crippen molar-refractivity contribution < 1.29 is 19.8 Å². The van der Waals surface area contributed by atoms with Crippen molar-refractivity contribution in [3.8, 4) is 0 Å². The third-order valence-electron chi connectivity index (χ3n) is 2.47. The lowest BCUT2D eigenvalue weighted by Crippen LogP contribution is -2.33. The lowest BCUT2D eigenvalue weighted by atomic mass is 10.1. The summed E-state index contributed by atoms with van der Waals surface area (Å²) in [7, 11) is 0. The van der Waals surface area contributed by atoms with Crippen molar-refractivity contribution in [1.82, 2.24) is 10.6 Å². The Labute approximate surface area is 111 Å². The molecule has 6 nitrogen and oxygen atoms in total. The van der Waals surface area contributed by atoms with Gasteiger partial charge < -0.3 is 20.8 Å². The lowest BCUT2D eigenvalue weighted by Gasteiger charge is -2.09. The highest BCUT2D eigenvalue weighted by molar-refractivity contribution is 5.94. The highest BCUT2D eigenvalue weighted by atomic mass is 16.3. The zero-order valence-electron chi connectivity index (χ0n) is 10.7. The smallest absolute Gasteiger partial charge is 0.251 e. The van der Waals surface area contributed by atoms with Crippen molar-refractivity contribution in [1.29, 1.82) is 0 Å². The van der Waals surface area contributed by atoms with Crippen molar-refractivity contribution in [3.05, 3.63) is 35.4 Å². The highest BCUT2D eigenvalue weighted by Gasteiger charge is 2.08. The number of carbonyl (C=O) groups excluding carboxylic acids is 2. The normalized spacial score (nSPS) is 11.7. The van der Waals surface area contributed by atoms with Crippen LogP contribution in [0.3, 0.4) is 0 Å². The molecular formula is C13H18N2O4. The fourth-order valence-electron chi connectivity index (χ4n) is 1.38. The van der Waals surface area contributed by atoms with Crippen LogP contribution >= 0.6 is 0 Å². The first-order chi connectivity index (χ1) is 9.02. The van der Waals surface area contributed by atoms with Gasteiger partial charge in [-0.05, 0) is 17.7 Å². The Hall–Kier alpha value is -1.92. The molecule has 0 aliphatic carbocycles. The van der Waals surface area contributed by atoms with Crippen LogP contribution in [0.4, 0.5) is 0 Å². The van der Waals surface area contributed by atoms with Crippen LogP contribution in [0, 0.1) is 0 Å². The average Bonchev–Trinajstić information content (AvgIpc) is 2.42. The Kier molecular flexibility index (Phi) is 5.98. The fourth-order valence-corrected chi connectivity index (χ4v) is 1.38. The van der Waals surface area contributed by atoms with Gasteiger partial charge in [-0.25, -0.2) is 0 Å². The summed E-state index contributed by atoms with van der Waals surface area (Å²) < 4.78 is 0. The maximum atomic E-state index is 11.7. The first kappa shape index (κ1) is 15.1. The van der Waals surface area contributed by atoms with Gasteiger partial charge >= 0.3 is 0 Å². The summed E-state index contributed by atoms with van der Waals surface area (Å²) in [6.45, 7) is 1.47. The zero-order chi connectivity index (χ0) is 14.3. The van der Waals surface area contributed by atoms with Crippen LogP contribution in [0.2, 0.25) is 0 Å². The van der Waals surface area contributed by atoms with Gasteiger partial charge in [0.2, 0.25) is 5.91 Å². The minimum atomic E-state index is -0.956. The molecule has 1 rings (SSSR count). The van der Waals surface area contributed by atoms with Crippen LogP contribution in [0.5, 0.6) is 0 Å². The molecule has 1 aromatic carbocycles. The average molecular weight is 266 g/mol. The van der Waals surface area contributed by atoms with Crippen LogP contribution in [-0.2, 0) is 11.3 Å². The lowest BCUT2D eigenvalue weighted by molar-refractivity contribution is -0.119. The molecule has 104 valence electrons. The first-order valence-electron chi connectivity index (χ1n) is 5.93. The van der Waals surface area contributed by atoms with E-state index in [9.17, 15) is 9.59 Å². The van der Waals surface area contributed by atoms with Gasteiger partial charge in [-0.15, -0.1) is 0 Å². The maximum Gasteiger partial charge on any atom is 0.251 e. The molecule has 1 aromatic rings. The Morgan fingerprint density at radius 3 is 2.37 bits per heavy atom. The Bertz CT molecular complexity index is 431. The fraction of sp³-hybridized carbons (Fsp3) is 0.385. The molecule has 0 aliphatic rings. The molecule has 1 unspecified atom stereocenters. The minimum Gasteiger partial charge on any atom is -0.394 e. The third kappa shape index (κ3) is 5.50. The molecule has 2 amide bonds. The second kappa shape index (κ2) is 7.50. The molecule has 0 bridgehead atoms. The number of amides is 2. The van der Waals surface area contributed by atoms with Crippen LogP contribution < -0.4 is 10.6 Å². The molecule has 0 aromatic heterocycles. The van der Waals surface area contributed by atoms with Gasteiger partial charge in [0.25, 0.3) is 5.91 Å². The van der Waals surface area contributed by atoms with Gasteiger partial charge in [0.05, 0.1) is 12.7 Å². The van der Waals surface area contributed by atoms with E-state index in [4.69, 9.17) is 10.2 Å². The van der Waals surface area contributed by atoms with Crippen molar-refractivity contribution in [3.63, 3.8) is 0 Å². The zero-order valence-corrected chi connectivity index (χ0v) is 10.7. The molecule has 19 heavy (non-hydrogen) atoms. The van der Waals surface area contributed by atoms with Crippen molar-refractivity contribution in [2.75, 3.05) is 13.2 Å². The topological polar surface area (TPSA) is 98.7 Å². The van der Waals surface area contributed by atoms with E-state index in [1.54, 1.807) is 24.3 Å². The van der Waals surface area contributed by atoms with E-state index in [1.807, 2.05) is 0 Å². The SMILES string of the molecule is CC(=O)NCc1ccc(C(=O)NCC(O)CO)cc1. The Balaban J connectivity index is 2.50. The van der Waals surface area contributed by atoms with Gasteiger partial charge in [-0.1, -0.05) is 12.1 Å². The van der Waals surface area contributed by atoms with Gasteiger partial charge in [0.15, 0.2) is 0 Å². The molecule has 0 aliphatic heterocycles. The van der Waals surface area contributed by atoms with Crippen LogP contribution in [0.1, 0.15) is 22.8 Å². The predicted molar refractivity (Wildman–Crippen MR) is 69.4 cm³/mol. The van der Waals surface area contributed by atoms with E-state index in [2.05, 4.69) is 10.6 Å². The van der Waals surface area contributed by atoms with E-state index < -0.39 is 12.7 Å². The monoisotopic (exact) mass is 266 g/mol. The van der Waals surface area contributed by atoms with Gasteiger partial charge in [-0.2, -0.15) is 0 Å². The van der Waals surface area contributed by atoms with E-state index in [1.165, 1.54) is 6.92 Å². The second-order valence-electron chi connectivity index (χ2n) is 4.15. The molecule has 0 fully saturated rings. The standard InChI is InChI=1S/C13H18N2O4/c1-9(17)14-6-10-2-4-11(5-3-10)13(19)15-7-12(18)8-16/h2-5,12,16,18H,6-8H2,1H3,(H,14,17)(H,15,19). The molecule has 0 radical (unpaired) electrons. The highest BCUT2D eigenvalue weighted by Crippen LogP contribution is 2.04. The summed E-state index contributed by atoms with van der Waals surface area (Å²) >= 11 is 0. The van der Waals surface area contributed by atoms with Crippen molar-refractivity contribution in [2.45, 2.75) is 19.6 Å². The molecule has 0 saturated carbocycles. The maximum absolute atomic E-state index is 11.7. The van der Waals surface area contributed by atoms with Crippen molar-refractivity contribution in [2.24, 2.45) is 0 Å².